The van der Waals surface area contributed by atoms with Crippen LogP contribution >= 0.6 is 0 Å². The van der Waals surface area contributed by atoms with E-state index >= 15 is 0 Å². The molecule has 1 aliphatic rings. The molecule has 0 fully saturated rings. The molecule has 16 nitrogen and oxygen atoms in total. The first-order chi connectivity index (χ1) is 30.5. The van der Waals surface area contributed by atoms with Crippen molar-refractivity contribution in [1.82, 2.24) is 16.0 Å². The highest BCUT2D eigenvalue weighted by atomic mass is 16.4. The Labute approximate surface area is 376 Å². The van der Waals surface area contributed by atoms with E-state index in [1.54, 1.807) is 25.1 Å². The average molecular weight is 892 g/mol. The van der Waals surface area contributed by atoms with Crippen molar-refractivity contribution in [3.63, 3.8) is 0 Å². The van der Waals surface area contributed by atoms with E-state index in [4.69, 9.17) is 10.8 Å². The van der Waals surface area contributed by atoms with Gasteiger partial charge in [0.1, 0.15) is 17.6 Å². The summed E-state index contributed by atoms with van der Waals surface area (Å²) in [6.45, 7) is 1.86. The quantitative estimate of drug-likeness (QED) is 0.0372. The molecule has 64 heavy (non-hydrogen) atoms. The summed E-state index contributed by atoms with van der Waals surface area (Å²) < 4.78 is 0. The minimum absolute atomic E-state index is 0.0234. The Morgan fingerprint density at radius 3 is 1.94 bits per heavy atom. The second-order valence-corrected chi connectivity index (χ2v) is 17.2. The van der Waals surface area contributed by atoms with E-state index < -0.39 is 53.5 Å². The summed E-state index contributed by atoms with van der Waals surface area (Å²) in [5, 5.41) is 27.8. The minimum atomic E-state index is -1.37. The fraction of sp³-hybridized carbons (Fsp3) is 0.604. The number of carbonyl (C=O) groups excluding carboxylic acids is 7. The standard InChI is InChI=1S/C48H69N5O11/c1-31(54)16-10-8-6-4-5-7-9-11-20-41(56)50-28-13-12-19-37(49)40(55)30-32(47(62)51-29-27-38(48(63)64)52-42(57)21-15-22-43(58)59)23-24-36-45(60)34-18-14-17-33-39(53(2)3)26-25-35(44(33)34)46(36)61/h14,17-18,25-26,32,36-38H,4-13,15-16,19-24,27-30,49H2,1-3H3,(H,50,56)(H,51,62)(H,52,57)(H,58,59)(H,63,64)/t32-,36?,37-,38+/m0/s1. The van der Waals surface area contributed by atoms with Gasteiger partial charge >= 0.3 is 11.9 Å². The number of benzene rings is 2. The summed E-state index contributed by atoms with van der Waals surface area (Å²) in [5.74, 6) is -6.73. The van der Waals surface area contributed by atoms with Crippen LogP contribution < -0.4 is 26.6 Å². The van der Waals surface area contributed by atoms with Gasteiger partial charge in [-0.25, -0.2) is 4.79 Å². The number of hydrogen-bond donors (Lipinski definition) is 6. The van der Waals surface area contributed by atoms with Gasteiger partial charge in [0.05, 0.1) is 12.0 Å². The van der Waals surface area contributed by atoms with Gasteiger partial charge in [-0.3, -0.25) is 33.6 Å². The predicted octanol–water partition coefficient (Wildman–Crippen LogP) is 5.69. The molecule has 0 aromatic heterocycles. The average Bonchev–Trinajstić information content (AvgIpc) is 3.24. The number of hydrogen-bond acceptors (Lipinski definition) is 11. The molecule has 0 saturated heterocycles. The maximum absolute atomic E-state index is 13.9. The molecule has 352 valence electrons. The van der Waals surface area contributed by atoms with Crippen molar-refractivity contribution in [1.29, 1.82) is 0 Å². The van der Waals surface area contributed by atoms with Gasteiger partial charge in [-0.05, 0) is 76.8 Å². The van der Waals surface area contributed by atoms with Crippen LogP contribution in [0, 0.1) is 11.8 Å². The van der Waals surface area contributed by atoms with Crippen LogP contribution in [0.5, 0.6) is 0 Å². The van der Waals surface area contributed by atoms with Crippen molar-refractivity contribution in [2.75, 3.05) is 32.1 Å². The molecule has 0 aliphatic heterocycles. The highest BCUT2D eigenvalue weighted by Crippen LogP contribution is 2.38. The Bertz CT molecular complexity index is 1940. The number of rotatable bonds is 33. The zero-order valence-corrected chi connectivity index (χ0v) is 37.8. The van der Waals surface area contributed by atoms with Crippen LogP contribution in [0.15, 0.2) is 30.3 Å². The lowest BCUT2D eigenvalue weighted by atomic mass is 9.76. The normalized spacial score (nSPS) is 14.7. The minimum Gasteiger partial charge on any atom is -0.481 e. The third kappa shape index (κ3) is 17.6. The number of carbonyl (C=O) groups is 9. The van der Waals surface area contributed by atoms with E-state index in [0.717, 1.165) is 62.4 Å². The number of Topliss-reactive ketones (excluding diaryl/α,β-unsaturated/α-hetero) is 4. The second kappa shape index (κ2) is 27.6. The second-order valence-electron chi connectivity index (χ2n) is 17.2. The molecule has 3 rings (SSSR count). The highest BCUT2D eigenvalue weighted by Gasteiger charge is 2.37. The van der Waals surface area contributed by atoms with Crippen molar-refractivity contribution >= 4 is 69.3 Å². The van der Waals surface area contributed by atoms with E-state index in [1.165, 1.54) is 0 Å². The fourth-order valence-electron chi connectivity index (χ4n) is 8.13. The number of unbranched alkanes of at least 4 members (excludes halogenated alkanes) is 8. The zero-order chi connectivity index (χ0) is 47.2. The molecule has 0 heterocycles. The Morgan fingerprint density at radius 1 is 0.688 bits per heavy atom. The molecule has 2 aromatic rings. The maximum Gasteiger partial charge on any atom is 0.326 e. The van der Waals surface area contributed by atoms with Gasteiger partial charge < -0.3 is 41.6 Å². The zero-order valence-electron chi connectivity index (χ0n) is 37.8. The molecule has 0 bridgehead atoms. The van der Waals surface area contributed by atoms with Gasteiger partial charge in [0.15, 0.2) is 11.6 Å². The van der Waals surface area contributed by atoms with Crippen molar-refractivity contribution in [3.05, 3.63) is 41.5 Å². The maximum atomic E-state index is 13.9. The number of carboxylic acids is 2. The number of amides is 3. The number of carboxylic acid groups (broad SMARTS) is 2. The first-order valence-electron chi connectivity index (χ1n) is 22.9. The molecule has 0 spiro atoms. The largest absolute Gasteiger partial charge is 0.481 e. The van der Waals surface area contributed by atoms with E-state index in [2.05, 4.69) is 16.0 Å². The first-order valence-corrected chi connectivity index (χ1v) is 22.9. The monoisotopic (exact) mass is 891 g/mol. The smallest absolute Gasteiger partial charge is 0.326 e. The van der Waals surface area contributed by atoms with Gasteiger partial charge in [-0.15, -0.1) is 0 Å². The Balaban J connectivity index is 1.55. The van der Waals surface area contributed by atoms with Gasteiger partial charge in [-0.1, -0.05) is 56.7 Å². The third-order valence-electron chi connectivity index (χ3n) is 11.8. The molecule has 1 unspecified atom stereocenters. The molecule has 4 atom stereocenters. The van der Waals surface area contributed by atoms with Gasteiger partial charge in [-0.2, -0.15) is 0 Å². The number of ketones is 4. The summed E-state index contributed by atoms with van der Waals surface area (Å²) >= 11 is 0. The summed E-state index contributed by atoms with van der Waals surface area (Å²) in [6, 6.07) is 6.54. The summed E-state index contributed by atoms with van der Waals surface area (Å²) in [4.78, 5) is 115. The van der Waals surface area contributed by atoms with Crippen molar-refractivity contribution in [2.24, 2.45) is 17.6 Å². The number of nitrogens with zero attached hydrogens (tertiary/aromatic N) is 1. The van der Waals surface area contributed by atoms with Crippen LogP contribution in [0.3, 0.4) is 0 Å². The Kier molecular flexibility index (Phi) is 22.8. The number of nitrogens with one attached hydrogen (secondary N) is 3. The number of aliphatic carboxylic acids is 2. The molecule has 7 N–H and O–H groups in total. The van der Waals surface area contributed by atoms with Crippen molar-refractivity contribution < 1.29 is 53.4 Å². The van der Waals surface area contributed by atoms with Crippen LogP contribution in [0.25, 0.3) is 10.8 Å². The van der Waals surface area contributed by atoms with Crippen LogP contribution in [0.4, 0.5) is 5.69 Å². The first kappa shape index (κ1) is 52.8. The lowest BCUT2D eigenvalue weighted by Gasteiger charge is -2.26. The lowest BCUT2D eigenvalue weighted by Crippen LogP contribution is -2.44. The van der Waals surface area contributed by atoms with Crippen LogP contribution in [-0.2, 0) is 33.6 Å². The summed E-state index contributed by atoms with van der Waals surface area (Å²) in [6.07, 6.45) is 9.80. The van der Waals surface area contributed by atoms with E-state index in [9.17, 15) is 48.3 Å². The van der Waals surface area contributed by atoms with Crippen LogP contribution in [0.1, 0.15) is 156 Å². The van der Waals surface area contributed by atoms with E-state index in [0.29, 0.717) is 55.2 Å². The SMILES string of the molecule is CC(=O)CCCCCCCCCCC(=O)NCCCC[C@H](N)C(=O)C[C@H](CCC1C(=O)c2cccc3c(N(C)C)ccc(c23)C1=O)C(=O)NCC[C@@H](NC(=O)CCCC(=O)O)C(=O)O. The third-order valence-corrected chi connectivity index (χ3v) is 11.8. The van der Waals surface area contributed by atoms with Crippen LogP contribution in [0.2, 0.25) is 0 Å². The predicted molar refractivity (Wildman–Crippen MR) is 243 cm³/mol. The van der Waals surface area contributed by atoms with E-state index in [1.807, 2.05) is 31.1 Å². The molecule has 0 radical (unpaired) electrons. The summed E-state index contributed by atoms with van der Waals surface area (Å²) in [7, 11) is 3.74. The van der Waals surface area contributed by atoms with Crippen molar-refractivity contribution in [2.45, 2.75) is 147 Å². The van der Waals surface area contributed by atoms with Gasteiger partial charge in [0, 0.05) is 92.8 Å². The molecule has 1 aliphatic carbocycles. The molecular weight excluding hydrogens is 823 g/mol. The van der Waals surface area contributed by atoms with Crippen molar-refractivity contribution in [3.8, 4) is 0 Å². The van der Waals surface area contributed by atoms with E-state index in [-0.39, 0.29) is 74.7 Å². The molecule has 16 heteroatoms. The molecule has 0 saturated carbocycles. The topological polar surface area (TPSA) is 259 Å². The van der Waals surface area contributed by atoms with Gasteiger partial charge in [0.25, 0.3) is 0 Å². The Morgan fingerprint density at radius 2 is 1.31 bits per heavy atom. The summed E-state index contributed by atoms with van der Waals surface area (Å²) in [5.41, 5.74) is 7.97. The highest BCUT2D eigenvalue weighted by molar-refractivity contribution is 6.30. The lowest BCUT2D eigenvalue weighted by molar-refractivity contribution is -0.142. The number of anilines is 1. The molecule has 2 aromatic carbocycles. The molecule has 3 amide bonds. The Hall–Kier alpha value is -5.51. The van der Waals surface area contributed by atoms with Crippen LogP contribution in [-0.4, -0.2) is 102 Å². The fourth-order valence-corrected chi connectivity index (χ4v) is 8.13. The molecular formula is C48H69N5O11. The number of nitrogens with two attached hydrogens (primary N) is 1. The van der Waals surface area contributed by atoms with Gasteiger partial charge in [0.2, 0.25) is 17.7 Å².